The van der Waals surface area contributed by atoms with Crippen LogP contribution in [-0.4, -0.2) is 54.0 Å². The van der Waals surface area contributed by atoms with E-state index < -0.39 is 12.5 Å². The predicted octanol–water partition coefficient (Wildman–Crippen LogP) is 3.91. The molecule has 1 aromatic heterocycles. The van der Waals surface area contributed by atoms with E-state index in [1.807, 2.05) is 0 Å². The number of pyridine rings is 1. The van der Waals surface area contributed by atoms with Gasteiger partial charge < -0.3 is 24.4 Å². The van der Waals surface area contributed by atoms with Crippen molar-refractivity contribution in [3.63, 3.8) is 0 Å². The molecule has 1 aromatic carbocycles. The fourth-order valence-electron chi connectivity index (χ4n) is 3.33. The number of carbonyl (C=O) groups is 2. The molecule has 0 radical (unpaired) electrons. The lowest BCUT2D eigenvalue weighted by Gasteiger charge is -2.32. The van der Waals surface area contributed by atoms with Crippen LogP contribution in [0.4, 0.5) is 18.0 Å². The summed E-state index contributed by atoms with van der Waals surface area (Å²) in [6.07, 6.45) is -3.03. The lowest BCUT2D eigenvalue weighted by molar-refractivity contribution is -0.274. The lowest BCUT2D eigenvalue weighted by Crippen LogP contribution is -2.42. The highest BCUT2D eigenvalue weighted by Crippen LogP contribution is 2.28. The number of carbonyl (C=O) groups excluding carboxylic acids is 2. The van der Waals surface area contributed by atoms with Gasteiger partial charge >= 0.3 is 12.5 Å². The summed E-state index contributed by atoms with van der Waals surface area (Å²) < 4.78 is 51.7. The Labute approximate surface area is 188 Å². The molecule has 1 N–H and O–H groups in total. The zero-order valence-corrected chi connectivity index (χ0v) is 17.9. The molecule has 2 aromatic rings. The zero-order valence-electron chi connectivity index (χ0n) is 17.9. The summed E-state index contributed by atoms with van der Waals surface area (Å²) >= 11 is 0. The second-order valence-electron chi connectivity index (χ2n) is 7.26. The highest BCUT2D eigenvalue weighted by molar-refractivity contribution is 5.92. The minimum atomic E-state index is -4.77. The Kier molecular flexibility index (Phi) is 7.96. The van der Waals surface area contributed by atoms with Crippen molar-refractivity contribution in [2.24, 2.45) is 0 Å². The van der Waals surface area contributed by atoms with E-state index in [1.54, 1.807) is 30.0 Å². The largest absolute Gasteiger partial charge is 0.573 e. The minimum Gasteiger partial charge on any atom is -0.490 e. The topological polar surface area (TPSA) is 90.0 Å². The first kappa shape index (κ1) is 24.1. The summed E-state index contributed by atoms with van der Waals surface area (Å²) in [7, 11) is 0. The van der Waals surface area contributed by atoms with E-state index in [-0.39, 0.29) is 42.4 Å². The van der Waals surface area contributed by atoms with Gasteiger partial charge in [0, 0.05) is 44.7 Å². The Hall–Kier alpha value is -3.50. The highest BCUT2D eigenvalue weighted by Gasteiger charge is 2.31. The van der Waals surface area contributed by atoms with Crippen molar-refractivity contribution in [3.05, 3.63) is 53.9 Å². The molecule has 0 saturated carbocycles. The van der Waals surface area contributed by atoms with Crippen LogP contribution in [0.25, 0.3) is 0 Å². The van der Waals surface area contributed by atoms with Crippen molar-refractivity contribution in [1.82, 2.24) is 15.2 Å². The quantitative estimate of drug-likeness (QED) is 0.664. The first-order valence-corrected chi connectivity index (χ1v) is 10.4. The number of alkyl carbamates (subject to hydrolysis) is 1. The van der Waals surface area contributed by atoms with Gasteiger partial charge in [-0.25, -0.2) is 4.79 Å². The summed E-state index contributed by atoms with van der Waals surface area (Å²) in [5.41, 5.74) is 0.968. The fourth-order valence-corrected chi connectivity index (χ4v) is 3.33. The maximum Gasteiger partial charge on any atom is 0.573 e. The van der Waals surface area contributed by atoms with Gasteiger partial charge in [-0.2, -0.15) is 0 Å². The molecule has 178 valence electrons. The number of amides is 2. The Morgan fingerprint density at radius 2 is 1.88 bits per heavy atom. The summed E-state index contributed by atoms with van der Waals surface area (Å²) in [5, 5.41) is 2.59. The van der Waals surface area contributed by atoms with Crippen LogP contribution in [-0.2, 0) is 11.3 Å². The molecule has 0 atom stereocenters. The third-order valence-electron chi connectivity index (χ3n) is 4.83. The van der Waals surface area contributed by atoms with Gasteiger partial charge in [0.2, 0.25) is 0 Å². The van der Waals surface area contributed by atoms with E-state index in [0.717, 1.165) is 0 Å². The minimum absolute atomic E-state index is 0.203. The van der Waals surface area contributed by atoms with E-state index in [9.17, 15) is 22.8 Å². The Bertz CT molecular complexity index is 962. The summed E-state index contributed by atoms with van der Waals surface area (Å²) in [5.74, 6) is -0.326. The predicted molar refractivity (Wildman–Crippen MR) is 111 cm³/mol. The van der Waals surface area contributed by atoms with Crippen LogP contribution in [0.15, 0.2) is 42.6 Å². The number of hydrogen-bond acceptors (Lipinski definition) is 6. The molecule has 2 amide bonds. The van der Waals surface area contributed by atoms with Crippen LogP contribution in [0.1, 0.15) is 35.8 Å². The van der Waals surface area contributed by atoms with E-state index >= 15 is 0 Å². The number of halogens is 3. The van der Waals surface area contributed by atoms with Crippen molar-refractivity contribution in [2.45, 2.75) is 38.8 Å². The van der Waals surface area contributed by atoms with Crippen LogP contribution in [0.3, 0.4) is 0 Å². The number of rotatable bonds is 7. The van der Waals surface area contributed by atoms with Gasteiger partial charge in [-0.1, -0.05) is 6.07 Å². The molecular formula is C22H24F3N3O5. The number of likely N-dealkylation sites (tertiary alicyclic amines) is 1. The van der Waals surface area contributed by atoms with Gasteiger partial charge in [0.1, 0.15) is 23.3 Å². The van der Waals surface area contributed by atoms with E-state index in [2.05, 4.69) is 15.0 Å². The van der Waals surface area contributed by atoms with Crippen molar-refractivity contribution in [2.75, 3.05) is 19.7 Å². The maximum atomic E-state index is 12.8. The van der Waals surface area contributed by atoms with Crippen LogP contribution >= 0.6 is 0 Å². The van der Waals surface area contributed by atoms with Crippen LogP contribution in [0.5, 0.6) is 11.5 Å². The molecule has 1 aliphatic heterocycles. The maximum absolute atomic E-state index is 12.8. The van der Waals surface area contributed by atoms with E-state index in [4.69, 9.17) is 9.47 Å². The molecule has 1 aliphatic rings. The van der Waals surface area contributed by atoms with Crippen molar-refractivity contribution in [3.8, 4) is 11.5 Å². The first-order valence-electron chi connectivity index (χ1n) is 10.4. The number of benzene rings is 1. The van der Waals surface area contributed by atoms with Gasteiger partial charge in [0.15, 0.2) is 0 Å². The molecule has 0 unspecified atom stereocenters. The van der Waals surface area contributed by atoms with Gasteiger partial charge in [-0.05, 0) is 36.8 Å². The molecular weight excluding hydrogens is 443 g/mol. The third-order valence-corrected chi connectivity index (χ3v) is 4.83. The summed E-state index contributed by atoms with van der Waals surface area (Å²) in [4.78, 5) is 30.0. The van der Waals surface area contributed by atoms with E-state index in [1.165, 1.54) is 24.4 Å². The molecule has 2 heterocycles. The molecule has 1 fully saturated rings. The Balaban J connectivity index is 1.52. The monoisotopic (exact) mass is 467 g/mol. The fraction of sp³-hybridized carbons (Fsp3) is 0.409. The smallest absolute Gasteiger partial charge is 0.490 e. The Morgan fingerprint density at radius 1 is 1.15 bits per heavy atom. The summed E-state index contributed by atoms with van der Waals surface area (Å²) in [6.45, 7) is 2.99. The molecule has 0 aliphatic carbocycles. The average molecular weight is 467 g/mol. The number of ether oxygens (including phenoxy) is 3. The lowest BCUT2D eigenvalue weighted by atomic mass is 10.1. The van der Waals surface area contributed by atoms with Crippen LogP contribution in [0, 0.1) is 0 Å². The normalized spacial score (nSPS) is 14.5. The van der Waals surface area contributed by atoms with Crippen molar-refractivity contribution in [1.29, 1.82) is 0 Å². The molecule has 11 heteroatoms. The van der Waals surface area contributed by atoms with Crippen LogP contribution in [0.2, 0.25) is 0 Å². The SMILES string of the molecule is CCOC(=O)NCc1ccnc(C(=O)N2CCC(Oc3cccc(OC(F)(F)F)c3)CC2)c1. The third kappa shape index (κ3) is 7.55. The second-order valence-corrected chi connectivity index (χ2v) is 7.26. The molecule has 3 rings (SSSR count). The van der Waals surface area contributed by atoms with Gasteiger partial charge in [-0.15, -0.1) is 13.2 Å². The molecule has 8 nitrogen and oxygen atoms in total. The molecule has 33 heavy (non-hydrogen) atoms. The number of nitrogens with zero attached hydrogens (tertiary/aromatic N) is 2. The van der Waals surface area contributed by atoms with Crippen molar-refractivity contribution >= 4 is 12.0 Å². The molecule has 0 spiro atoms. The summed E-state index contributed by atoms with van der Waals surface area (Å²) in [6, 6.07) is 8.67. The number of hydrogen-bond donors (Lipinski definition) is 1. The number of piperidine rings is 1. The number of alkyl halides is 3. The standard InChI is InChI=1S/C22H24F3N3O5/c1-2-31-21(30)27-14-15-6-9-26-19(12-15)20(29)28-10-7-16(8-11-28)32-17-4-3-5-18(13-17)33-22(23,24)25/h3-6,9,12-13,16H,2,7-8,10-11,14H2,1H3,(H,27,30). The average Bonchev–Trinajstić information content (AvgIpc) is 2.77. The van der Waals surface area contributed by atoms with Gasteiger partial charge in [0.25, 0.3) is 5.91 Å². The first-order chi connectivity index (χ1) is 15.7. The van der Waals surface area contributed by atoms with Crippen LogP contribution < -0.4 is 14.8 Å². The Morgan fingerprint density at radius 3 is 2.58 bits per heavy atom. The van der Waals surface area contributed by atoms with Crippen molar-refractivity contribution < 1.29 is 37.0 Å². The number of aromatic nitrogens is 1. The van der Waals surface area contributed by atoms with Gasteiger partial charge in [-0.3, -0.25) is 9.78 Å². The van der Waals surface area contributed by atoms with E-state index in [0.29, 0.717) is 31.5 Å². The molecule has 0 bridgehead atoms. The second kappa shape index (κ2) is 10.9. The highest BCUT2D eigenvalue weighted by atomic mass is 19.4. The molecule has 1 saturated heterocycles. The number of nitrogens with one attached hydrogen (secondary N) is 1. The van der Waals surface area contributed by atoms with Gasteiger partial charge in [0.05, 0.1) is 6.61 Å². The zero-order chi connectivity index (χ0) is 23.8.